The zero-order valence-corrected chi connectivity index (χ0v) is 4.55. The van der Waals surface area contributed by atoms with Crippen LogP contribution in [-0.4, -0.2) is 12.2 Å². The number of nitrogens with two attached hydrogens (primary N) is 1. The van der Waals surface area contributed by atoms with Crippen molar-refractivity contribution in [3.63, 3.8) is 0 Å². The lowest BCUT2D eigenvalue weighted by atomic mass is 10.3. The van der Waals surface area contributed by atoms with Gasteiger partial charge in [-0.2, -0.15) is 0 Å². The Morgan fingerprint density at radius 3 is 2.25 bits per heavy atom. The minimum atomic E-state index is -0.558. The van der Waals surface area contributed by atoms with Crippen molar-refractivity contribution in [3.8, 4) is 0 Å². The molecule has 0 fully saturated rings. The van der Waals surface area contributed by atoms with Gasteiger partial charge in [-0.1, -0.05) is 0 Å². The van der Waals surface area contributed by atoms with E-state index in [-0.39, 0.29) is 5.57 Å². The fourth-order valence-electron chi connectivity index (χ4n) is 0.184. The van der Waals surface area contributed by atoms with Crippen molar-refractivity contribution >= 4 is 12.2 Å². The van der Waals surface area contributed by atoms with Crippen molar-refractivity contribution in [2.75, 3.05) is 0 Å². The molecule has 2 N–H and O–H groups in total. The molecule has 0 saturated carbocycles. The quantitative estimate of drug-likeness (QED) is 0.392. The molecule has 0 aliphatic carbocycles. The van der Waals surface area contributed by atoms with E-state index in [4.69, 9.17) is 5.73 Å². The molecule has 0 radical (unpaired) electrons. The van der Waals surface area contributed by atoms with E-state index in [1.54, 1.807) is 0 Å². The predicted octanol–water partition coefficient (Wildman–Crippen LogP) is -0.383. The number of hydrogen-bond donors (Lipinski definition) is 1. The normalized spacial score (nSPS) is 10.9. The van der Waals surface area contributed by atoms with Crippen molar-refractivity contribution in [2.24, 2.45) is 5.73 Å². The summed E-state index contributed by atoms with van der Waals surface area (Å²) in [7, 11) is 0. The van der Waals surface area contributed by atoms with E-state index >= 15 is 0 Å². The van der Waals surface area contributed by atoms with Crippen LogP contribution >= 0.6 is 0 Å². The summed E-state index contributed by atoms with van der Waals surface area (Å²) in [6.45, 7) is 1.48. The monoisotopic (exact) mass is 113 g/mol. The molecule has 0 aliphatic rings. The van der Waals surface area contributed by atoms with Gasteiger partial charge in [-0.15, -0.1) is 0 Å². The fraction of sp³-hybridized carbons (Fsp3) is 0.200. The molecule has 0 aromatic carbocycles. The highest BCUT2D eigenvalue weighted by molar-refractivity contribution is 5.94. The highest BCUT2D eigenvalue weighted by atomic mass is 16.1. The SMILES string of the molecule is C/C(=C\C=O)C(N)=O. The van der Waals surface area contributed by atoms with Crippen LogP contribution in [0.3, 0.4) is 0 Å². The van der Waals surface area contributed by atoms with E-state index in [0.717, 1.165) is 6.08 Å². The summed E-state index contributed by atoms with van der Waals surface area (Å²) in [6.07, 6.45) is 1.66. The first kappa shape index (κ1) is 6.88. The van der Waals surface area contributed by atoms with Gasteiger partial charge in [0, 0.05) is 5.57 Å². The van der Waals surface area contributed by atoms with Crippen molar-refractivity contribution in [1.82, 2.24) is 0 Å². The zero-order valence-electron chi connectivity index (χ0n) is 4.55. The van der Waals surface area contributed by atoms with Crippen LogP contribution in [0.15, 0.2) is 11.6 Å². The lowest BCUT2D eigenvalue weighted by Crippen LogP contribution is -2.11. The summed E-state index contributed by atoms with van der Waals surface area (Å²) < 4.78 is 0. The number of primary amides is 1. The molecule has 0 aliphatic heterocycles. The second-order valence-corrected chi connectivity index (χ2v) is 1.35. The maximum absolute atomic E-state index is 10.1. The molecule has 0 unspecified atom stereocenters. The number of carbonyl (C=O) groups is 2. The lowest BCUT2D eigenvalue weighted by molar-refractivity contribution is -0.114. The van der Waals surface area contributed by atoms with Gasteiger partial charge in [0.05, 0.1) is 0 Å². The highest BCUT2D eigenvalue weighted by Gasteiger charge is 1.92. The summed E-state index contributed by atoms with van der Waals surface area (Å²) in [6, 6.07) is 0. The third kappa shape index (κ3) is 2.12. The average molecular weight is 113 g/mol. The molecule has 0 aromatic rings. The number of rotatable bonds is 2. The van der Waals surface area contributed by atoms with Crippen LogP contribution in [0.1, 0.15) is 6.92 Å². The molecule has 0 spiro atoms. The van der Waals surface area contributed by atoms with Crippen molar-refractivity contribution in [3.05, 3.63) is 11.6 Å². The first-order valence-corrected chi connectivity index (χ1v) is 2.10. The minimum Gasteiger partial charge on any atom is -0.366 e. The summed E-state index contributed by atoms with van der Waals surface area (Å²) in [4.78, 5) is 19.7. The van der Waals surface area contributed by atoms with E-state index in [1.165, 1.54) is 6.92 Å². The Kier molecular flexibility index (Phi) is 2.54. The van der Waals surface area contributed by atoms with E-state index in [2.05, 4.69) is 0 Å². The van der Waals surface area contributed by atoms with Crippen LogP contribution in [0.4, 0.5) is 0 Å². The third-order valence-corrected chi connectivity index (χ3v) is 0.707. The summed E-state index contributed by atoms with van der Waals surface area (Å²) in [5, 5.41) is 0. The van der Waals surface area contributed by atoms with Gasteiger partial charge in [-0.05, 0) is 13.0 Å². The first-order valence-electron chi connectivity index (χ1n) is 2.10. The van der Waals surface area contributed by atoms with E-state index in [0.29, 0.717) is 6.29 Å². The van der Waals surface area contributed by atoms with E-state index in [1.807, 2.05) is 0 Å². The topological polar surface area (TPSA) is 60.2 Å². The molecule has 44 valence electrons. The highest BCUT2D eigenvalue weighted by Crippen LogP contribution is 1.84. The number of aldehydes is 1. The largest absolute Gasteiger partial charge is 0.366 e. The van der Waals surface area contributed by atoms with Gasteiger partial charge in [-0.3, -0.25) is 9.59 Å². The number of allylic oxidation sites excluding steroid dienone is 1. The van der Waals surface area contributed by atoms with Crippen molar-refractivity contribution in [2.45, 2.75) is 6.92 Å². The standard InChI is InChI=1S/C5H7NO2/c1-4(2-3-7)5(6)8/h2-3H,1H3,(H2,6,8)/b4-2+. The molecule has 0 heterocycles. The molecule has 0 aromatic heterocycles. The van der Waals surface area contributed by atoms with E-state index in [9.17, 15) is 9.59 Å². The average Bonchev–Trinajstić information content (AvgIpc) is 1.67. The van der Waals surface area contributed by atoms with Gasteiger partial charge >= 0.3 is 0 Å². The first-order chi connectivity index (χ1) is 3.68. The van der Waals surface area contributed by atoms with Crippen LogP contribution in [0.2, 0.25) is 0 Å². The molecule has 3 heteroatoms. The van der Waals surface area contributed by atoms with Crippen molar-refractivity contribution in [1.29, 1.82) is 0 Å². The van der Waals surface area contributed by atoms with Crippen LogP contribution < -0.4 is 5.73 Å². The Hall–Kier alpha value is -1.12. The molecule has 0 rings (SSSR count). The molecule has 3 nitrogen and oxygen atoms in total. The second kappa shape index (κ2) is 2.96. The molecular weight excluding hydrogens is 106 g/mol. The van der Waals surface area contributed by atoms with Crippen LogP contribution in [-0.2, 0) is 9.59 Å². The molecular formula is C5H7NO2. The summed E-state index contributed by atoms with van der Waals surface area (Å²) >= 11 is 0. The predicted molar refractivity (Wildman–Crippen MR) is 29.0 cm³/mol. The number of hydrogen-bond acceptors (Lipinski definition) is 2. The summed E-state index contributed by atoms with van der Waals surface area (Å²) in [5.41, 5.74) is 5.03. The fourth-order valence-corrected chi connectivity index (χ4v) is 0.184. The molecule has 8 heavy (non-hydrogen) atoms. The van der Waals surface area contributed by atoms with Gasteiger partial charge in [0.1, 0.15) is 6.29 Å². The Labute approximate surface area is 47.2 Å². The Bertz CT molecular complexity index is 137. The van der Waals surface area contributed by atoms with Gasteiger partial charge in [0.25, 0.3) is 0 Å². The molecule has 0 atom stereocenters. The number of carbonyl (C=O) groups excluding carboxylic acids is 2. The Balaban J connectivity index is 3.99. The van der Waals surface area contributed by atoms with Crippen LogP contribution in [0.25, 0.3) is 0 Å². The van der Waals surface area contributed by atoms with Gasteiger partial charge in [0.15, 0.2) is 0 Å². The Morgan fingerprint density at radius 2 is 2.12 bits per heavy atom. The zero-order chi connectivity index (χ0) is 6.57. The molecule has 0 saturated heterocycles. The maximum Gasteiger partial charge on any atom is 0.244 e. The Morgan fingerprint density at radius 1 is 1.62 bits per heavy atom. The maximum atomic E-state index is 10.1. The summed E-state index contributed by atoms with van der Waals surface area (Å²) in [5.74, 6) is -0.558. The van der Waals surface area contributed by atoms with Gasteiger partial charge < -0.3 is 5.73 Å². The second-order valence-electron chi connectivity index (χ2n) is 1.35. The van der Waals surface area contributed by atoms with Crippen LogP contribution in [0.5, 0.6) is 0 Å². The van der Waals surface area contributed by atoms with Crippen LogP contribution in [0, 0.1) is 0 Å². The number of amides is 1. The lowest BCUT2D eigenvalue weighted by Gasteiger charge is -1.85. The minimum absolute atomic E-state index is 0.278. The van der Waals surface area contributed by atoms with E-state index < -0.39 is 5.91 Å². The molecule has 0 bridgehead atoms. The third-order valence-electron chi connectivity index (χ3n) is 0.707. The van der Waals surface area contributed by atoms with Gasteiger partial charge in [0.2, 0.25) is 5.91 Å². The van der Waals surface area contributed by atoms with Gasteiger partial charge in [-0.25, -0.2) is 0 Å². The van der Waals surface area contributed by atoms with Crippen molar-refractivity contribution < 1.29 is 9.59 Å². The molecule has 1 amide bonds. The smallest absolute Gasteiger partial charge is 0.244 e.